The Hall–Kier alpha value is -3.41. The second-order valence-electron chi connectivity index (χ2n) is 7.46. The molecule has 0 unspecified atom stereocenters. The van der Waals surface area contributed by atoms with Crippen LogP contribution in [0.2, 0.25) is 0 Å². The summed E-state index contributed by atoms with van der Waals surface area (Å²) in [6.45, 7) is 3.64. The van der Waals surface area contributed by atoms with Crippen LogP contribution in [0.3, 0.4) is 0 Å². The molecular formula is C26H21Br2N3O3. The maximum absolute atomic E-state index is 12.6. The minimum atomic E-state index is -0.506. The summed E-state index contributed by atoms with van der Waals surface area (Å²) in [5.74, 6) is -0.370. The molecule has 2 N–H and O–H groups in total. The van der Waals surface area contributed by atoms with Crippen molar-refractivity contribution in [2.75, 3.05) is 17.2 Å². The molecule has 3 rings (SSSR count). The third-order valence-electron chi connectivity index (χ3n) is 4.74. The van der Waals surface area contributed by atoms with Gasteiger partial charge in [-0.05, 0) is 98.8 Å². The summed E-state index contributed by atoms with van der Waals surface area (Å²) in [5, 5.41) is 15.0. The average molecular weight is 583 g/mol. The van der Waals surface area contributed by atoms with Crippen molar-refractivity contribution in [2.24, 2.45) is 0 Å². The maximum atomic E-state index is 12.6. The molecule has 0 bridgehead atoms. The molecule has 0 saturated heterocycles. The van der Waals surface area contributed by atoms with Crippen molar-refractivity contribution in [3.8, 4) is 11.8 Å². The van der Waals surface area contributed by atoms with Crippen LogP contribution >= 0.6 is 31.9 Å². The van der Waals surface area contributed by atoms with E-state index >= 15 is 0 Å². The van der Waals surface area contributed by atoms with Crippen molar-refractivity contribution >= 4 is 61.1 Å². The molecule has 0 aromatic heterocycles. The number of benzene rings is 3. The highest BCUT2D eigenvalue weighted by Crippen LogP contribution is 2.35. The molecule has 2 amide bonds. The van der Waals surface area contributed by atoms with E-state index in [1.54, 1.807) is 18.2 Å². The summed E-state index contributed by atoms with van der Waals surface area (Å²) >= 11 is 6.88. The van der Waals surface area contributed by atoms with Crippen molar-refractivity contribution in [3.05, 3.63) is 91.9 Å². The van der Waals surface area contributed by atoms with Crippen LogP contribution < -0.4 is 15.4 Å². The summed E-state index contributed by atoms with van der Waals surface area (Å²) in [4.78, 5) is 24.9. The zero-order valence-electron chi connectivity index (χ0n) is 18.5. The Morgan fingerprint density at radius 2 is 1.71 bits per heavy atom. The Labute approximate surface area is 214 Å². The normalized spacial score (nSPS) is 10.9. The monoisotopic (exact) mass is 581 g/mol. The van der Waals surface area contributed by atoms with Gasteiger partial charge in [0.2, 0.25) is 0 Å². The van der Waals surface area contributed by atoms with E-state index in [0.717, 1.165) is 16.8 Å². The highest BCUT2D eigenvalue weighted by molar-refractivity contribution is 9.11. The SMILES string of the molecule is Cc1cccc(NC(=O)/C(C#N)=C/c2cc(Br)c(OCC(=O)Nc3ccccc3C)c(Br)c2)c1. The predicted molar refractivity (Wildman–Crippen MR) is 141 cm³/mol. The highest BCUT2D eigenvalue weighted by Gasteiger charge is 2.14. The predicted octanol–water partition coefficient (Wildman–Crippen LogP) is 6.39. The van der Waals surface area contributed by atoms with Crippen LogP contribution in [0.1, 0.15) is 16.7 Å². The summed E-state index contributed by atoms with van der Waals surface area (Å²) < 4.78 is 6.82. The lowest BCUT2D eigenvalue weighted by molar-refractivity contribution is -0.118. The number of aryl methyl sites for hydroxylation is 2. The first-order chi connectivity index (χ1) is 16.3. The fourth-order valence-electron chi connectivity index (χ4n) is 3.07. The van der Waals surface area contributed by atoms with Gasteiger partial charge in [-0.1, -0.05) is 30.3 Å². The number of halogens is 2. The van der Waals surface area contributed by atoms with Crippen LogP contribution in [0.4, 0.5) is 11.4 Å². The number of ether oxygens (including phenoxy) is 1. The van der Waals surface area contributed by atoms with Crippen molar-refractivity contribution in [1.82, 2.24) is 0 Å². The summed E-state index contributed by atoms with van der Waals surface area (Å²) in [6.07, 6.45) is 1.48. The van der Waals surface area contributed by atoms with Gasteiger partial charge in [-0.15, -0.1) is 0 Å². The summed E-state index contributed by atoms with van der Waals surface area (Å²) in [6, 6.07) is 20.2. The first kappa shape index (κ1) is 25.2. The molecule has 0 aliphatic heterocycles. The number of hydrogen-bond acceptors (Lipinski definition) is 4. The van der Waals surface area contributed by atoms with E-state index in [1.165, 1.54) is 6.08 Å². The largest absolute Gasteiger partial charge is 0.481 e. The van der Waals surface area contributed by atoms with Crippen LogP contribution in [0.5, 0.6) is 5.75 Å². The first-order valence-electron chi connectivity index (χ1n) is 10.2. The smallest absolute Gasteiger partial charge is 0.266 e. The molecule has 3 aromatic carbocycles. The summed E-state index contributed by atoms with van der Waals surface area (Å²) in [7, 11) is 0. The lowest BCUT2D eigenvalue weighted by Gasteiger charge is -2.12. The molecule has 3 aromatic rings. The van der Waals surface area contributed by atoms with E-state index in [-0.39, 0.29) is 18.1 Å². The number of carbonyl (C=O) groups excluding carboxylic acids is 2. The Morgan fingerprint density at radius 3 is 2.35 bits per heavy atom. The van der Waals surface area contributed by atoms with Gasteiger partial charge in [-0.25, -0.2) is 0 Å². The van der Waals surface area contributed by atoms with Gasteiger partial charge in [0.05, 0.1) is 8.95 Å². The number of hydrogen-bond donors (Lipinski definition) is 2. The summed E-state index contributed by atoms with van der Waals surface area (Å²) in [5.41, 5.74) is 3.84. The van der Waals surface area contributed by atoms with E-state index in [1.807, 2.05) is 62.4 Å². The first-order valence-corrected chi connectivity index (χ1v) is 11.8. The lowest BCUT2D eigenvalue weighted by Crippen LogP contribution is -2.20. The van der Waals surface area contributed by atoms with Crippen LogP contribution in [0, 0.1) is 25.2 Å². The number of nitrogens with zero attached hydrogens (tertiary/aromatic N) is 1. The third kappa shape index (κ3) is 6.80. The third-order valence-corrected chi connectivity index (χ3v) is 5.92. The minimum Gasteiger partial charge on any atom is -0.481 e. The van der Waals surface area contributed by atoms with Crippen molar-refractivity contribution in [3.63, 3.8) is 0 Å². The van der Waals surface area contributed by atoms with Gasteiger partial charge in [0, 0.05) is 11.4 Å². The molecule has 34 heavy (non-hydrogen) atoms. The zero-order chi connectivity index (χ0) is 24.7. The molecule has 0 fully saturated rings. The van der Waals surface area contributed by atoms with Crippen LogP contribution in [0.15, 0.2) is 75.2 Å². The average Bonchev–Trinajstić information content (AvgIpc) is 2.78. The molecule has 0 aliphatic rings. The topological polar surface area (TPSA) is 91.2 Å². The fraction of sp³-hybridized carbons (Fsp3) is 0.115. The van der Waals surface area contributed by atoms with Crippen molar-refractivity contribution in [1.29, 1.82) is 5.26 Å². The van der Waals surface area contributed by atoms with Gasteiger partial charge < -0.3 is 15.4 Å². The van der Waals surface area contributed by atoms with Gasteiger partial charge in [0.1, 0.15) is 17.4 Å². The second kappa shape index (κ2) is 11.6. The van der Waals surface area contributed by atoms with E-state index in [9.17, 15) is 14.9 Å². The minimum absolute atomic E-state index is 0.0495. The van der Waals surface area contributed by atoms with E-state index in [0.29, 0.717) is 25.9 Å². The van der Waals surface area contributed by atoms with Crippen molar-refractivity contribution in [2.45, 2.75) is 13.8 Å². The quantitative estimate of drug-likeness (QED) is 0.249. The van der Waals surface area contributed by atoms with Crippen molar-refractivity contribution < 1.29 is 14.3 Å². The molecule has 0 spiro atoms. The highest BCUT2D eigenvalue weighted by atomic mass is 79.9. The molecule has 0 radical (unpaired) electrons. The number of nitrogens with one attached hydrogen (secondary N) is 2. The van der Waals surface area contributed by atoms with E-state index < -0.39 is 5.91 Å². The van der Waals surface area contributed by atoms with Crippen LogP contribution in [0.25, 0.3) is 6.08 Å². The number of amides is 2. The van der Waals surface area contributed by atoms with Gasteiger partial charge in [0.15, 0.2) is 6.61 Å². The molecule has 0 atom stereocenters. The Bertz CT molecular complexity index is 1290. The maximum Gasteiger partial charge on any atom is 0.266 e. The lowest BCUT2D eigenvalue weighted by atomic mass is 10.1. The molecule has 8 heteroatoms. The Kier molecular flexibility index (Phi) is 8.63. The number of para-hydroxylation sites is 1. The molecule has 172 valence electrons. The van der Waals surface area contributed by atoms with Gasteiger partial charge in [-0.3, -0.25) is 9.59 Å². The Morgan fingerprint density at radius 1 is 1.00 bits per heavy atom. The van der Waals surface area contributed by atoms with Gasteiger partial charge in [-0.2, -0.15) is 5.26 Å². The number of rotatable bonds is 7. The fourth-order valence-corrected chi connectivity index (χ4v) is 4.53. The molecule has 6 nitrogen and oxygen atoms in total. The van der Waals surface area contributed by atoms with Gasteiger partial charge >= 0.3 is 0 Å². The number of anilines is 2. The molecule has 0 saturated carbocycles. The number of carbonyl (C=O) groups is 2. The zero-order valence-corrected chi connectivity index (χ0v) is 21.7. The molecule has 0 heterocycles. The second-order valence-corrected chi connectivity index (χ2v) is 9.17. The van der Waals surface area contributed by atoms with Crippen LogP contribution in [-0.2, 0) is 9.59 Å². The van der Waals surface area contributed by atoms with Gasteiger partial charge in [0.25, 0.3) is 11.8 Å². The standard InChI is InChI=1S/C26H21Br2N3O3/c1-16-6-5-8-20(10-16)30-26(33)19(14-29)11-18-12-21(27)25(22(28)13-18)34-15-24(32)31-23-9-4-3-7-17(23)2/h3-13H,15H2,1-2H3,(H,30,33)(H,31,32)/b19-11+. The van der Waals surface area contributed by atoms with E-state index in [2.05, 4.69) is 42.5 Å². The molecular weight excluding hydrogens is 562 g/mol. The van der Waals surface area contributed by atoms with E-state index in [4.69, 9.17) is 4.74 Å². The Balaban J connectivity index is 1.70. The van der Waals surface area contributed by atoms with Crippen LogP contribution in [-0.4, -0.2) is 18.4 Å². The number of nitriles is 1. The molecule has 0 aliphatic carbocycles.